The minimum absolute atomic E-state index is 0.133. The number of aromatic nitrogens is 2. The first-order valence-electron chi connectivity index (χ1n) is 5.02. The van der Waals surface area contributed by atoms with Gasteiger partial charge in [-0.3, -0.25) is 4.79 Å². The summed E-state index contributed by atoms with van der Waals surface area (Å²) in [6.07, 6.45) is 0.604. The second-order valence-corrected chi connectivity index (χ2v) is 3.47. The first-order valence-corrected chi connectivity index (χ1v) is 5.02. The van der Waals surface area contributed by atoms with Gasteiger partial charge in [-0.25, -0.2) is 9.97 Å². The van der Waals surface area contributed by atoms with Crippen molar-refractivity contribution in [3.8, 4) is 11.3 Å². The summed E-state index contributed by atoms with van der Waals surface area (Å²) in [7, 11) is 0. The van der Waals surface area contributed by atoms with Gasteiger partial charge in [0.2, 0.25) is 5.91 Å². The van der Waals surface area contributed by atoms with Crippen LogP contribution in [-0.4, -0.2) is 15.9 Å². The van der Waals surface area contributed by atoms with Gasteiger partial charge in [0.15, 0.2) is 0 Å². The lowest BCUT2D eigenvalue weighted by molar-refractivity contribution is -0.114. The van der Waals surface area contributed by atoms with Crippen molar-refractivity contribution in [1.29, 1.82) is 0 Å². The average Bonchev–Trinajstić information content (AvgIpc) is 2.29. The van der Waals surface area contributed by atoms with Crippen LogP contribution in [-0.2, 0) is 4.79 Å². The number of carbonyl (C=O) groups excluding carboxylic acids is 1. The number of anilines is 1. The number of rotatable bonds is 2. The normalized spacial score (nSPS) is 10.0. The van der Waals surface area contributed by atoms with E-state index in [1.807, 2.05) is 0 Å². The molecule has 0 atom stereocenters. The molecule has 0 aliphatic rings. The molecule has 17 heavy (non-hydrogen) atoms. The third kappa shape index (κ3) is 2.84. The Morgan fingerprint density at radius 3 is 2.53 bits per heavy atom. The molecule has 0 bridgehead atoms. The van der Waals surface area contributed by atoms with Crippen LogP contribution in [0.1, 0.15) is 6.92 Å². The van der Waals surface area contributed by atoms with Gasteiger partial charge in [-0.05, 0) is 18.2 Å². The lowest BCUT2D eigenvalue weighted by Gasteiger charge is -2.04. The number of carbonyl (C=O) groups is 1. The van der Waals surface area contributed by atoms with Gasteiger partial charge in [0.25, 0.3) is 0 Å². The first-order chi connectivity index (χ1) is 8.15. The Bertz CT molecular complexity index is 540. The van der Waals surface area contributed by atoms with E-state index in [4.69, 9.17) is 0 Å². The van der Waals surface area contributed by atoms with Gasteiger partial charge in [0, 0.05) is 24.4 Å². The number of halogens is 1. The summed E-state index contributed by atoms with van der Waals surface area (Å²) in [5, 5.41) is 2.65. The summed E-state index contributed by atoms with van der Waals surface area (Å²) in [4.78, 5) is 17.9. The van der Waals surface area contributed by atoms with E-state index < -0.39 is 6.08 Å². The SMILES string of the molecule is CC(=O)Nc1ccc(-c2ccnc(F)n2)cc1. The maximum atomic E-state index is 12.8. The zero-order chi connectivity index (χ0) is 12.3. The molecule has 5 heteroatoms. The van der Waals surface area contributed by atoms with E-state index in [9.17, 15) is 9.18 Å². The largest absolute Gasteiger partial charge is 0.326 e. The van der Waals surface area contributed by atoms with Crippen molar-refractivity contribution < 1.29 is 9.18 Å². The summed E-state index contributed by atoms with van der Waals surface area (Å²) in [5.41, 5.74) is 1.96. The third-order valence-electron chi connectivity index (χ3n) is 2.13. The standard InChI is InChI=1S/C12H10FN3O/c1-8(17)15-10-4-2-9(3-5-10)11-6-7-14-12(13)16-11/h2-7H,1H3,(H,15,17). The minimum Gasteiger partial charge on any atom is -0.326 e. The van der Waals surface area contributed by atoms with Gasteiger partial charge in [-0.2, -0.15) is 4.39 Å². The molecule has 0 spiro atoms. The van der Waals surface area contributed by atoms with Crippen LogP contribution in [0.4, 0.5) is 10.1 Å². The molecule has 0 saturated carbocycles. The summed E-state index contributed by atoms with van der Waals surface area (Å²) in [6, 6.07) is 8.60. The van der Waals surface area contributed by atoms with Crippen LogP contribution in [0, 0.1) is 6.08 Å². The van der Waals surface area contributed by atoms with E-state index in [1.54, 1.807) is 30.3 Å². The zero-order valence-electron chi connectivity index (χ0n) is 9.14. The van der Waals surface area contributed by atoms with E-state index in [-0.39, 0.29) is 5.91 Å². The number of amides is 1. The monoisotopic (exact) mass is 231 g/mol. The van der Waals surface area contributed by atoms with Gasteiger partial charge < -0.3 is 5.32 Å². The van der Waals surface area contributed by atoms with Crippen LogP contribution in [0.5, 0.6) is 0 Å². The second-order valence-electron chi connectivity index (χ2n) is 3.47. The number of nitrogens with zero attached hydrogens (tertiary/aromatic N) is 2. The van der Waals surface area contributed by atoms with E-state index in [2.05, 4.69) is 15.3 Å². The van der Waals surface area contributed by atoms with Gasteiger partial charge >= 0.3 is 6.08 Å². The van der Waals surface area contributed by atoms with Crippen LogP contribution in [0.3, 0.4) is 0 Å². The lowest BCUT2D eigenvalue weighted by Crippen LogP contribution is -2.05. The molecule has 0 aliphatic heterocycles. The molecule has 1 N–H and O–H groups in total. The molecule has 0 fully saturated rings. The number of hydrogen-bond donors (Lipinski definition) is 1. The van der Waals surface area contributed by atoms with Crippen molar-refractivity contribution in [3.63, 3.8) is 0 Å². The summed E-state index contributed by atoms with van der Waals surface area (Å²) in [5.74, 6) is -0.133. The molecule has 0 radical (unpaired) electrons. The van der Waals surface area contributed by atoms with Crippen molar-refractivity contribution in [2.24, 2.45) is 0 Å². The van der Waals surface area contributed by atoms with Gasteiger partial charge in [-0.15, -0.1) is 0 Å². The highest BCUT2D eigenvalue weighted by molar-refractivity contribution is 5.88. The van der Waals surface area contributed by atoms with Gasteiger partial charge in [0.1, 0.15) is 0 Å². The zero-order valence-corrected chi connectivity index (χ0v) is 9.14. The molecule has 86 valence electrons. The Labute approximate surface area is 97.5 Å². The van der Waals surface area contributed by atoms with Crippen molar-refractivity contribution >= 4 is 11.6 Å². The van der Waals surface area contributed by atoms with Crippen LogP contribution in [0.25, 0.3) is 11.3 Å². The van der Waals surface area contributed by atoms with E-state index in [1.165, 1.54) is 13.1 Å². The van der Waals surface area contributed by atoms with E-state index >= 15 is 0 Å². The summed E-state index contributed by atoms with van der Waals surface area (Å²) < 4.78 is 12.8. The summed E-state index contributed by atoms with van der Waals surface area (Å²) >= 11 is 0. The third-order valence-corrected chi connectivity index (χ3v) is 2.13. The number of hydrogen-bond acceptors (Lipinski definition) is 3. The second kappa shape index (κ2) is 4.69. The highest BCUT2D eigenvalue weighted by atomic mass is 19.1. The predicted octanol–water partition coefficient (Wildman–Crippen LogP) is 2.24. The molecule has 4 nitrogen and oxygen atoms in total. The summed E-state index contributed by atoms with van der Waals surface area (Å²) in [6.45, 7) is 1.44. The smallest absolute Gasteiger partial charge is 0.309 e. The maximum absolute atomic E-state index is 12.8. The Balaban J connectivity index is 2.26. The molecule has 2 rings (SSSR count). The Morgan fingerprint density at radius 2 is 1.94 bits per heavy atom. The van der Waals surface area contributed by atoms with Crippen LogP contribution >= 0.6 is 0 Å². The molecule has 1 aromatic carbocycles. The van der Waals surface area contributed by atoms with Gasteiger partial charge in [-0.1, -0.05) is 12.1 Å². The predicted molar refractivity (Wildman–Crippen MR) is 61.7 cm³/mol. The molecule has 1 amide bonds. The average molecular weight is 231 g/mol. The Hall–Kier alpha value is -2.30. The lowest BCUT2D eigenvalue weighted by atomic mass is 10.1. The molecule has 1 aromatic heterocycles. The maximum Gasteiger partial charge on any atom is 0.309 e. The highest BCUT2D eigenvalue weighted by Crippen LogP contribution is 2.19. The Kier molecular flexibility index (Phi) is 3.09. The molecule has 1 heterocycles. The van der Waals surface area contributed by atoms with E-state index in [0.717, 1.165) is 5.56 Å². The van der Waals surface area contributed by atoms with Crippen LogP contribution in [0.15, 0.2) is 36.5 Å². The number of benzene rings is 1. The number of nitrogens with one attached hydrogen (secondary N) is 1. The molecule has 0 aliphatic carbocycles. The van der Waals surface area contributed by atoms with Gasteiger partial charge in [0.05, 0.1) is 5.69 Å². The molecule has 0 saturated heterocycles. The fraction of sp³-hybridized carbons (Fsp3) is 0.0833. The topological polar surface area (TPSA) is 54.9 Å². The fourth-order valence-electron chi connectivity index (χ4n) is 1.42. The molecular weight excluding hydrogens is 221 g/mol. The van der Waals surface area contributed by atoms with Crippen molar-refractivity contribution in [2.75, 3.05) is 5.32 Å². The van der Waals surface area contributed by atoms with Crippen molar-refractivity contribution in [2.45, 2.75) is 6.92 Å². The molecule has 0 unspecified atom stereocenters. The van der Waals surface area contributed by atoms with Crippen molar-refractivity contribution in [3.05, 3.63) is 42.6 Å². The van der Waals surface area contributed by atoms with Crippen LogP contribution in [0.2, 0.25) is 0 Å². The minimum atomic E-state index is -0.756. The quantitative estimate of drug-likeness (QED) is 0.806. The van der Waals surface area contributed by atoms with E-state index in [0.29, 0.717) is 11.4 Å². The Morgan fingerprint density at radius 1 is 1.24 bits per heavy atom. The highest BCUT2D eigenvalue weighted by Gasteiger charge is 2.02. The first kappa shape index (κ1) is 11.2. The van der Waals surface area contributed by atoms with Crippen LogP contribution < -0.4 is 5.32 Å². The van der Waals surface area contributed by atoms with Crippen molar-refractivity contribution in [1.82, 2.24) is 9.97 Å². The molecule has 2 aromatic rings. The fourth-order valence-corrected chi connectivity index (χ4v) is 1.42. The molecular formula is C12H10FN3O.